The molecule has 3 aromatic rings. The van der Waals surface area contributed by atoms with Crippen LogP contribution < -0.4 is 10.1 Å². The van der Waals surface area contributed by atoms with Crippen LogP contribution in [0.2, 0.25) is 0 Å². The van der Waals surface area contributed by atoms with Crippen LogP contribution in [0.3, 0.4) is 0 Å². The summed E-state index contributed by atoms with van der Waals surface area (Å²) in [6.45, 7) is 4.18. The Bertz CT molecular complexity index is 1160. The summed E-state index contributed by atoms with van der Waals surface area (Å²) < 4.78 is 5.40. The highest BCUT2D eigenvalue weighted by Gasteiger charge is 2.13. The minimum atomic E-state index is 0.675. The van der Waals surface area contributed by atoms with Gasteiger partial charge in [0.2, 0.25) is 0 Å². The summed E-state index contributed by atoms with van der Waals surface area (Å²) in [7, 11) is 1.70. The number of nitrogens with one attached hydrogen (secondary N) is 1. The average Bonchev–Trinajstić information content (AvgIpc) is 2.88. The van der Waals surface area contributed by atoms with E-state index in [0.29, 0.717) is 6.54 Å². The number of piperidine rings is 1. The van der Waals surface area contributed by atoms with Crippen molar-refractivity contribution >= 4 is 17.5 Å². The molecule has 0 radical (unpaired) electrons. The van der Waals surface area contributed by atoms with Gasteiger partial charge in [-0.1, -0.05) is 42.8 Å². The molecule has 0 saturated carbocycles. The Morgan fingerprint density at radius 3 is 2.58 bits per heavy atom. The summed E-state index contributed by atoms with van der Waals surface area (Å²) in [4.78, 5) is 7.12. The maximum Gasteiger partial charge on any atom is 0.119 e. The molecule has 0 aromatic heterocycles. The molecule has 2 aliphatic rings. The maximum absolute atomic E-state index is 5.40. The number of nitrogens with zero attached hydrogens (tertiary/aromatic N) is 2. The van der Waals surface area contributed by atoms with E-state index >= 15 is 0 Å². The number of hydrogen-bond acceptors (Lipinski definition) is 4. The van der Waals surface area contributed by atoms with Gasteiger partial charge in [0, 0.05) is 24.6 Å². The number of ether oxygens (including phenoxy) is 1. The van der Waals surface area contributed by atoms with Gasteiger partial charge in [0.1, 0.15) is 5.75 Å². The van der Waals surface area contributed by atoms with Crippen molar-refractivity contribution < 1.29 is 4.74 Å². The largest absolute Gasteiger partial charge is 0.497 e. The van der Waals surface area contributed by atoms with Crippen LogP contribution in [0.25, 0.3) is 16.7 Å². The topological polar surface area (TPSA) is 36.9 Å². The van der Waals surface area contributed by atoms with Crippen LogP contribution in [0.1, 0.15) is 36.0 Å². The predicted octanol–water partition coefficient (Wildman–Crippen LogP) is 6.23. The maximum atomic E-state index is 5.40. The third kappa shape index (κ3) is 5.18. The first-order chi connectivity index (χ1) is 16.3. The Morgan fingerprint density at radius 2 is 1.76 bits per heavy atom. The fourth-order valence-corrected chi connectivity index (χ4v) is 4.63. The third-order valence-electron chi connectivity index (χ3n) is 6.52. The summed E-state index contributed by atoms with van der Waals surface area (Å²) in [5.41, 5.74) is 8.37. The highest BCUT2D eigenvalue weighted by atomic mass is 16.5. The normalized spacial score (nSPS) is 17.1. The van der Waals surface area contributed by atoms with Crippen LogP contribution in [-0.2, 0) is 6.54 Å². The van der Waals surface area contributed by atoms with Gasteiger partial charge in [0.25, 0.3) is 0 Å². The number of anilines is 1. The van der Waals surface area contributed by atoms with Crippen molar-refractivity contribution in [3.05, 3.63) is 89.6 Å². The Morgan fingerprint density at radius 1 is 0.939 bits per heavy atom. The summed E-state index contributed by atoms with van der Waals surface area (Å²) in [6.07, 6.45) is 8.11. The van der Waals surface area contributed by atoms with Gasteiger partial charge in [-0.25, -0.2) is 0 Å². The number of hydrogen-bond donors (Lipinski definition) is 1. The van der Waals surface area contributed by atoms with Crippen molar-refractivity contribution in [2.24, 2.45) is 4.99 Å². The van der Waals surface area contributed by atoms with E-state index < -0.39 is 0 Å². The van der Waals surface area contributed by atoms with Crippen molar-refractivity contribution in [1.82, 2.24) is 4.90 Å². The zero-order valence-electron chi connectivity index (χ0n) is 19.3. The Hall–Kier alpha value is -3.37. The summed E-state index contributed by atoms with van der Waals surface area (Å²) >= 11 is 0. The molecule has 0 aliphatic carbocycles. The van der Waals surface area contributed by atoms with Crippen molar-refractivity contribution in [2.75, 3.05) is 32.1 Å². The first-order valence-corrected chi connectivity index (χ1v) is 11.8. The van der Waals surface area contributed by atoms with E-state index in [1.165, 1.54) is 54.6 Å². The molecule has 1 saturated heterocycles. The molecule has 168 valence electrons. The first-order valence-electron chi connectivity index (χ1n) is 11.8. The molecule has 4 heteroatoms. The molecular formula is C29H31N3O. The fourth-order valence-electron chi connectivity index (χ4n) is 4.63. The molecule has 1 N–H and O–H groups in total. The smallest absolute Gasteiger partial charge is 0.119 e. The molecule has 0 bridgehead atoms. The molecule has 0 atom stereocenters. The SMILES string of the molecule is COc1cccc(-c2ccc3c(c2)/C(=C/Nc2ccc(CN4CCCCC4)cc2)CN=C3)c1. The van der Waals surface area contributed by atoms with Crippen LogP contribution in [0.15, 0.2) is 77.9 Å². The second-order valence-electron chi connectivity index (χ2n) is 8.85. The quantitative estimate of drug-likeness (QED) is 0.496. The minimum absolute atomic E-state index is 0.675. The van der Waals surface area contributed by atoms with Gasteiger partial charge in [-0.15, -0.1) is 0 Å². The van der Waals surface area contributed by atoms with Gasteiger partial charge in [0.15, 0.2) is 0 Å². The summed E-state index contributed by atoms with van der Waals surface area (Å²) in [6, 6.07) is 23.6. The molecule has 0 amide bonds. The number of methoxy groups -OCH3 is 1. The summed E-state index contributed by atoms with van der Waals surface area (Å²) in [5, 5.41) is 3.49. The van der Waals surface area contributed by atoms with Crippen molar-refractivity contribution in [3.8, 4) is 16.9 Å². The summed E-state index contributed by atoms with van der Waals surface area (Å²) in [5.74, 6) is 0.868. The van der Waals surface area contributed by atoms with Crippen molar-refractivity contribution in [1.29, 1.82) is 0 Å². The van der Waals surface area contributed by atoms with Gasteiger partial charge < -0.3 is 10.1 Å². The second-order valence-corrected chi connectivity index (χ2v) is 8.85. The molecule has 33 heavy (non-hydrogen) atoms. The average molecular weight is 438 g/mol. The van der Waals surface area contributed by atoms with Crippen molar-refractivity contribution in [3.63, 3.8) is 0 Å². The Labute approximate surface area is 196 Å². The number of rotatable bonds is 6. The molecular weight excluding hydrogens is 406 g/mol. The van der Waals surface area contributed by atoms with Gasteiger partial charge in [-0.3, -0.25) is 9.89 Å². The van der Waals surface area contributed by atoms with Gasteiger partial charge in [-0.05, 0) is 89.7 Å². The lowest BCUT2D eigenvalue weighted by molar-refractivity contribution is 0.221. The van der Waals surface area contributed by atoms with Crippen LogP contribution in [0.5, 0.6) is 5.75 Å². The van der Waals surface area contributed by atoms with Crippen LogP contribution in [-0.4, -0.2) is 37.9 Å². The number of aliphatic imine (C=N–C) groups is 1. The zero-order chi connectivity index (χ0) is 22.5. The number of fused-ring (bicyclic) bond motifs is 1. The van der Waals surface area contributed by atoms with Gasteiger partial charge in [0.05, 0.1) is 13.7 Å². The van der Waals surface area contributed by atoms with Crippen LogP contribution in [0.4, 0.5) is 5.69 Å². The number of benzene rings is 3. The molecule has 4 nitrogen and oxygen atoms in total. The standard InChI is InChI=1S/C29H31N3O/c1-33-28-7-5-6-23(16-28)24-10-11-25-18-30-19-26(29(25)17-24)20-31-27-12-8-22(9-13-27)21-32-14-3-2-4-15-32/h5-13,16-18,20,31H,2-4,14-15,19,21H2,1H3/b26-20+. The first kappa shape index (κ1) is 21.5. The molecule has 2 heterocycles. The zero-order valence-corrected chi connectivity index (χ0v) is 19.3. The van der Waals surface area contributed by atoms with E-state index in [2.05, 4.69) is 76.0 Å². The molecule has 0 spiro atoms. The van der Waals surface area contributed by atoms with Crippen LogP contribution >= 0.6 is 0 Å². The molecule has 2 aliphatic heterocycles. The monoisotopic (exact) mass is 437 g/mol. The van der Waals surface area contributed by atoms with E-state index in [1.54, 1.807) is 7.11 Å². The van der Waals surface area contributed by atoms with Gasteiger partial charge in [-0.2, -0.15) is 0 Å². The Kier molecular flexibility index (Phi) is 6.54. The molecule has 3 aromatic carbocycles. The van der Waals surface area contributed by atoms with E-state index in [0.717, 1.165) is 29.1 Å². The highest BCUT2D eigenvalue weighted by Crippen LogP contribution is 2.30. The minimum Gasteiger partial charge on any atom is -0.497 e. The lowest BCUT2D eigenvalue weighted by atomic mass is 9.93. The van der Waals surface area contributed by atoms with E-state index in [-0.39, 0.29) is 0 Å². The fraction of sp³-hybridized carbons (Fsp3) is 0.276. The number of likely N-dealkylation sites (tertiary alicyclic amines) is 1. The predicted molar refractivity (Wildman–Crippen MR) is 138 cm³/mol. The van der Waals surface area contributed by atoms with E-state index in [9.17, 15) is 0 Å². The lowest BCUT2D eigenvalue weighted by Gasteiger charge is -2.26. The molecule has 5 rings (SSSR count). The van der Waals surface area contributed by atoms with E-state index in [4.69, 9.17) is 4.74 Å². The van der Waals surface area contributed by atoms with Crippen molar-refractivity contribution in [2.45, 2.75) is 25.8 Å². The third-order valence-corrected chi connectivity index (χ3v) is 6.52. The highest BCUT2D eigenvalue weighted by molar-refractivity contribution is 5.94. The molecule has 1 fully saturated rings. The van der Waals surface area contributed by atoms with Crippen LogP contribution in [0, 0.1) is 0 Å². The van der Waals surface area contributed by atoms with Gasteiger partial charge >= 0.3 is 0 Å². The lowest BCUT2D eigenvalue weighted by Crippen LogP contribution is -2.29. The Balaban J connectivity index is 1.32. The molecule has 0 unspecified atom stereocenters. The van der Waals surface area contributed by atoms with E-state index in [1.807, 2.05) is 18.3 Å². The second kappa shape index (κ2) is 10.1.